The molecule has 0 spiro atoms. The Morgan fingerprint density at radius 1 is 0.941 bits per heavy atom. The molecule has 0 radical (unpaired) electrons. The maximum atomic E-state index is 10.1. The molecule has 0 saturated heterocycles. The smallest absolute Gasteiger partial charge is 0.216 e. The Morgan fingerprint density at radius 3 is 2.44 bits per heavy atom. The van der Waals surface area contributed by atoms with Crippen LogP contribution >= 0.6 is 0 Å². The molecule has 2 aliphatic carbocycles. The Balaban J connectivity index is 1.71. The Labute approximate surface area is 200 Å². The summed E-state index contributed by atoms with van der Waals surface area (Å²) in [4.78, 5) is 0. The maximum absolute atomic E-state index is 10.1. The van der Waals surface area contributed by atoms with Crippen molar-refractivity contribution in [2.75, 3.05) is 0 Å². The van der Waals surface area contributed by atoms with E-state index in [0.717, 1.165) is 51.6 Å². The molecule has 0 saturated carbocycles. The van der Waals surface area contributed by atoms with E-state index in [4.69, 9.17) is 4.42 Å². The lowest BCUT2D eigenvalue weighted by Gasteiger charge is -2.25. The monoisotopic (exact) mass is 445 g/mol. The van der Waals surface area contributed by atoms with Gasteiger partial charge in [-0.15, -0.1) is 0 Å². The van der Waals surface area contributed by atoms with E-state index in [0.29, 0.717) is 5.56 Å². The van der Waals surface area contributed by atoms with Crippen molar-refractivity contribution in [1.82, 2.24) is 0 Å². The summed E-state index contributed by atoms with van der Waals surface area (Å²) in [7, 11) is 2.07. The van der Waals surface area contributed by atoms with Crippen LogP contribution < -0.4 is 4.57 Å². The third-order valence-electron chi connectivity index (χ3n) is 7.79. The first-order valence-corrected chi connectivity index (χ1v) is 12.2. The largest absolute Gasteiger partial charge is 0.454 e. The summed E-state index contributed by atoms with van der Waals surface area (Å²) in [5.41, 5.74) is 11.0. The highest BCUT2D eigenvalue weighted by Crippen LogP contribution is 2.52. The number of rotatable bonds is 2. The highest BCUT2D eigenvalue weighted by molar-refractivity contribution is 6.13. The summed E-state index contributed by atoms with van der Waals surface area (Å²) in [6.45, 7) is 6.75. The third-order valence-corrected chi connectivity index (χ3v) is 7.79. The van der Waals surface area contributed by atoms with Crippen molar-refractivity contribution < 1.29 is 8.98 Å². The van der Waals surface area contributed by atoms with Crippen molar-refractivity contribution in [3.05, 3.63) is 82.6 Å². The lowest BCUT2D eigenvalue weighted by atomic mass is 9.79. The number of pyridine rings is 1. The number of hydrogen-bond acceptors (Lipinski definition) is 2. The molecule has 4 aromatic rings. The average molecular weight is 446 g/mol. The molecule has 3 heteroatoms. The van der Waals surface area contributed by atoms with Gasteiger partial charge in [-0.2, -0.15) is 5.26 Å². The summed E-state index contributed by atoms with van der Waals surface area (Å²) in [6, 6.07) is 17.1. The van der Waals surface area contributed by atoms with E-state index in [1.165, 1.54) is 29.6 Å². The van der Waals surface area contributed by atoms with Gasteiger partial charge in [0.15, 0.2) is 6.20 Å². The standard InChI is InChI=1S/C31H29N2O/c1-19-12-14-22-23-15-13-20(18-32)28(24-17-31(2,3)25-10-6-5-9-21(24)25)30(23)34-29(22)27(19)26-11-7-8-16-33(26)4/h7-8,11-17H,5-6,9-10H2,1-4H3/q+1. The van der Waals surface area contributed by atoms with E-state index in [9.17, 15) is 5.26 Å². The van der Waals surface area contributed by atoms with E-state index in [1.807, 2.05) is 12.1 Å². The molecule has 2 aliphatic rings. The molecule has 0 amide bonds. The van der Waals surface area contributed by atoms with Gasteiger partial charge in [0.05, 0.1) is 17.2 Å². The van der Waals surface area contributed by atoms with E-state index in [2.05, 4.69) is 81.1 Å². The van der Waals surface area contributed by atoms with Gasteiger partial charge in [0.1, 0.15) is 18.2 Å². The van der Waals surface area contributed by atoms with Gasteiger partial charge in [-0.05, 0) is 67.5 Å². The normalized spacial score (nSPS) is 17.2. The van der Waals surface area contributed by atoms with Crippen molar-refractivity contribution in [3.8, 4) is 17.3 Å². The van der Waals surface area contributed by atoms with E-state index in [1.54, 1.807) is 5.57 Å². The van der Waals surface area contributed by atoms with Crippen LogP contribution in [-0.4, -0.2) is 0 Å². The Hall–Kier alpha value is -3.64. The number of nitriles is 1. The average Bonchev–Trinajstić information content (AvgIpc) is 3.34. The molecule has 0 bridgehead atoms. The number of benzene rings is 2. The summed E-state index contributed by atoms with van der Waals surface area (Å²) >= 11 is 0. The van der Waals surface area contributed by atoms with Crippen molar-refractivity contribution in [2.45, 2.75) is 46.5 Å². The SMILES string of the molecule is Cc1ccc2c(oc3c(C4=CC(C)(C)C5=C4CCCC5)c(C#N)ccc32)c1-c1cccc[n+]1C. The first kappa shape index (κ1) is 20.9. The van der Waals surface area contributed by atoms with Crippen LogP contribution in [0.1, 0.15) is 56.2 Å². The molecular weight excluding hydrogens is 416 g/mol. The van der Waals surface area contributed by atoms with Crippen molar-refractivity contribution in [1.29, 1.82) is 5.26 Å². The number of furan rings is 1. The second kappa shape index (κ2) is 7.43. The first-order chi connectivity index (χ1) is 16.4. The number of aryl methyl sites for hydroxylation is 2. The zero-order valence-corrected chi connectivity index (χ0v) is 20.3. The molecule has 2 aromatic heterocycles. The molecule has 2 heterocycles. The fraction of sp³-hybridized carbons (Fsp3) is 0.290. The quantitative estimate of drug-likeness (QED) is 0.299. The van der Waals surface area contributed by atoms with Gasteiger partial charge in [-0.1, -0.05) is 37.6 Å². The number of hydrogen-bond donors (Lipinski definition) is 0. The molecule has 168 valence electrons. The molecular formula is C31H29N2O+. The minimum Gasteiger partial charge on any atom is -0.454 e. The summed E-state index contributed by atoms with van der Waals surface area (Å²) in [5, 5.41) is 12.3. The van der Waals surface area contributed by atoms with Crippen LogP contribution in [0.4, 0.5) is 0 Å². The van der Waals surface area contributed by atoms with Crippen LogP contribution in [0.3, 0.4) is 0 Å². The topological polar surface area (TPSA) is 40.8 Å². The Kier molecular flexibility index (Phi) is 4.58. The van der Waals surface area contributed by atoms with Crippen LogP contribution in [0.2, 0.25) is 0 Å². The van der Waals surface area contributed by atoms with E-state index in [-0.39, 0.29) is 5.41 Å². The third kappa shape index (κ3) is 2.91. The van der Waals surface area contributed by atoms with Crippen molar-refractivity contribution in [2.24, 2.45) is 12.5 Å². The second-order valence-electron chi connectivity index (χ2n) is 10.4. The minimum absolute atomic E-state index is 0.0194. The lowest BCUT2D eigenvalue weighted by Crippen LogP contribution is -2.30. The van der Waals surface area contributed by atoms with Gasteiger partial charge in [0.2, 0.25) is 5.69 Å². The van der Waals surface area contributed by atoms with Gasteiger partial charge in [-0.3, -0.25) is 0 Å². The summed E-state index contributed by atoms with van der Waals surface area (Å²) in [6.07, 6.45) is 9.13. The van der Waals surface area contributed by atoms with E-state index < -0.39 is 0 Å². The van der Waals surface area contributed by atoms with E-state index >= 15 is 0 Å². The molecule has 0 unspecified atom stereocenters. The fourth-order valence-corrected chi connectivity index (χ4v) is 6.14. The second-order valence-corrected chi connectivity index (χ2v) is 10.4. The van der Waals surface area contributed by atoms with Crippen LogP contribution in [0.25, 0.3) is 38.8 Å². The summed E-state index contributed by atoms with van der Waals surface area (Å²) < 4.78 is 8.92. The molecule has 2 aromatic carbocycles. The zero-order valence-electron chi connectivity index (χ0n) is 20.3. The highest BCUT2D eigenvalue weighted by atomic mass is 16.3. The number of fused-ring (bicyclic) bond motifs is 3. The number of nitrogens with zero attached hydrogens (tertiary/aromatic N) is 2. The Morgan fingerprint density at radius 2 is 1.68 bits per heavy atom. The molecule has 3 nitrogen and oxygen atoms in total. The lowest BCUT2D eigenvalue weighted by molar-refractivity contribution is -0.660. The number of aromatic nitrogens is 1. The van der Waals surface area contributed by atoms with Gasteiger partial charge in [0.25, 0.3) is 0 Å². The van der Waals surface area contributed by atoms with Crippen LogP contribution in [0, 0.1) is 23.7 Å². The van der Waals surface area contributed by atoms with Gasteiger partial charge < -0.3 is 4.42 Å². The predicted molar refractivity (Wildman–Crippen MR) is 137 cm³/mol. The first-order valence-electron chi connectivity index (χ1n) is 12.2. The molecule has 0 atom stereocenters. The molecule has 0 fully saturated rings. The molecule has 6 rings (SSSR count). The fourth-order valence-electron chi connectivity index (χ4n) is 6.14. The predicted octanol–water partition coefficient (Wildman–Crippen LogP) is 7.55. The zero-order chi connectivity index (χ0) is 23.6. The van der Waals surface area contributed by atoms with Crippen LogP contribution in [-0.2, 0) is 7.05 Å². The maximum Gasteiger partial charge on any atom is 0.216 e. The molecule has 34 heavy (non-hydrogen) atoms. The van der Waals surface area contributed by atoms with Crippen molar-refractivity contribution in [3.63, 3.8) is 0 Å². The molecule has 0 aliphatic heterocycles. The van der Waals surface area contributed by atoms with Crippen LogP contribution in [0.15, 0.2) is 70.3 Å². The molecule has 0 N–H and O–H groups in total. The van der Waals surface area contributed by atoms with Gasteiger partial charge in [-0.25, -0.2) is 4.57 Å². The van der Waals surface area contributed by atoms with Crippen LogP contribution in [0.5, 0.6) is 0 Å². The minimum atomic E-state index is 0.0194. The van der Waals surface area contributed by atoms with Crippen molar-refractivity contribution >= 4 is 27.5 Å². The summed E-state index contributed by atoms with van der Waals surface area (Å²) in [5.74, 6) is 0. The van der Waals surface area contributed by atoms with Gasteiger partial charge >= 0.3 is 0 Å². The highest BCUT2D eigenvalue weighted by Gasteiger charge is 2.36. The number of allylic oxidation sites excluding steroid dienone is 4. The van der Waals surface area contributed by atoms with Gasteiger partial charge in [0, 0.05) is 33.9 Å². The Bertz CT molecular complexity index is 1600.